The van der Waals surface area contributed by atoms with Crippen LogP contribution >= 0.6 is 11.8 Å². The molecular weight excluding hydrogens is 358 g/mol. The Hall–Kier alpha value is -2.51. The third kappa shape index (κ3) is 4.61. The molecule has 1 aliphatic rings. The van der Waals surface area contributed by atoms with Crippen LogP contribution in [0, 0.1) is 6.92 Å². The molecule has 27 heavy (non-hydrogen) atoms. The summed E-state index contributed by atoms with van der Waals surface area (Å²) in [5.74, 6) is 2.45. The van der Waals surface area contributed by atoms with E-state index in [-0.39, 0.29) is 6.10 Å². The van der Waals surface area contributed by atoms with Crippen LogP contribution in [0.2, 0.25) is 0 Å². The van der Waals surface area contributed by atoms with E-state index in [0.29, 0.717) is 0 Å². The number of aliphatic hydroxyl groups excluding tert-OH is 1. The summed E-state index contributed by atoms with van der Waals surface area (Å²) < 4.78 is 0. The Bertz CT molecular complexity index is 890. The molecule has 0 bridgehead atoms. The summed E-state index contributed by atoms with van der Waals surface area (Å²) in [6.07, 6.45) is 1.35. The standard InChI is InChI=1S/C20H23N5OS/c1-14-11-19(24-23-14)21-18-12-17(27-16-5-3-2-4-6-16)13-20(22-18)25-9-7-15(26)8-10-25/h2-6,11-13,15,26H,7-10H2,1H3,(H2,21,22,23,24). The highest BCUT2D eigenvalue weighted by Crippen LogP contribution is 2.33. The number of benzene rings is 1. The quantitative estimate of drug-likeness (QED) is 0.621. The van der Waals surface area contributed by atoms with Crippen molar-refractivity contribution in [1.82, 2.24) is 15.2 Å². The van der Waals surface area contributed by atoms with Gasteiger partial charge < -0.3 is 15.3 Å². The van der Waals surface area contributed by atoms with Crippen molar-refractivity contribution in [2.24, 2.45) is 0 Å². The molecule has 1 saturated heterocycles. The van der Waals surface area contributed by atoms with Crippen LogP contribution in [0.3, 0.4) is 0 Å². The van der Waals surface area contributed by atoms with Gasteiger partial charge in [0, 0.05) is 34.6 Å². The number of pyridine rings is 1. The van der Waals surface area contributed by atoms with Crippen LogP contribution in [0.25, 0.3) is 0 Å². The first-order valence-electron chi connectivity index (χ1n) is 9.13. The van der Waals surface area contributed by atoms with Crippen LogP contribution in [-0.2, 0) is 0 Å². The maximum atomic E-state index is 9.80. The molecule has 140 valence electrons. The molecule has 0 atom stereocenters. The van der Waals surface area contributed by atoms with E-state index in [4.69, 9.17) is 4.98 Å². The smallest absolute Gasteiger partial charge is 0.153 e. The summed E-state index contributed by atoms with van der Waals surface area (Å²) in [4.78, 5) is 9.34. The zero-order valence-electron chi connectivity index (χ0n) is 15.2. The van der Waals surface area contributed by atoms with Gasteiger partial charge in [0.1, 0.15) is 11.6 Å². The minimum Gasteiger partial charge on any atom is -0.393 e. The molecule has 1 fully saturated rings. The number of H-pyrrole nitrogens is 1. The summed E-state index contributed by atoms with van der Waals surface area (Å²) >= 11 is 1.71. The first-order valence-corrected chi connectivity index (χ1v) is 9.94. The summed E-state index contributed by atoms with van der Waals surface area (Å²) in [5.41, 5.74) is 0.998. The SMILES string of the molecule is Cc1cc(Nc2cc(Sc3ccccc3)cc(N3CCC(O)CC3)n2)n[nH]1. The van der Waals surface area contributed by atoms with Crippen molar-refractivity contribution < 1.29 is 5.11 Å². The number of nitrogens with one attached hydrogen (secondary N) is 2. The predicted octanol–water partition coefficient (Wildman–Crippen LogP) is 3.97. The molecule has 0 unspecified atom stereocenters. The normalized spacial score (nSPS) is 15.1. The average Bonchev–Trinajstić information content (AvgIpc) is 3.07. The minimum atomic E-state index is -0.201. The Morgan fingerprint density at radius 3 is 2.56 bits per heavy atom. The van der Waals surface area contributed by atoms with Gasteiger partial charge in [-0.25, -0.2) is 4.98 Å². The van der Waals surface area contributed by atoms with E-state index in [9.17, 15) is 5.11 Å². The van der Waals surface area contributed by atoms with Crippen LogP contribution in [0.1, 0.15) is 18.5 Å². The fourth-order valence-electron chi connectivity index (χ4n) is 3.11. The molecule has 3 heterocycles. The third-order valence-electron chi connectivity index (χ3n) is 4.51. The zero-order valence-corrected chi connectivity index (χ0v) is 16.0. The highest BCUT2D eigenvalue weighted by atomic mass is 32.2. The van der Waals surface area contributed by atoms with Gasteiger partial charge in [-0.3, -0.25) is 5.10 Å². The molecule has 0 aliphatic carbocycles. The number of anilines is 3. The molecule has 0 radical (unpaired) electrons. The van der Waals surface area contributed by atoms with E-state index in [2.05, 4.69) is 38.6 Å². The molecule has 0 spiro atoms. The van der Waals surface area contributed by atoms with Crippen molar-refractivity contribution in [2.45, 2.75) is 35.7 Å². The average molecular weight is 382 g/mol. The molecule has 3 aromatic rings. The second-order valence-electron chi connectivity index (χ2n) is 6.74. The van der Waals surface area contributed by atoms with Crippen LogP contribution < -0.4 is 10.2 Å². The van der Waals surface area contributed by atoms with Gasteiger partial charge in [0.15, 0.2) is 5.82 Å². The summed E-state index contributed by atoms with van der Waals surface area (Å²) in [7, 11) is 0. The van der Waals surface area contributed by atoms with Gasteiger partial charge in [-0.2, -0.15) is 5.10 Å². The van der Waals surface area contributed by atoms with Crippen LogP contribution in [0.15, 0.2) is 58.3 Å². The van der Waals surface area contributed by atoms with Crippen molar-refractivity contribution >= 4 is 29.2 Å². The number of aryl methyl sites for hydroxylation is 1. The number of aromatic nitrogens is 3. The van der Waals surface area contributed by atoms with Crippen LogP contribution in [0.5, 0.6) is 0 Å². The van der Waals surface area contributed by atoms with Crippen LogP contribution in [0.4, 0.5) is 17.5 Å². The highest BCUT2D eigenvalue weighted by molar-refractivity contribution is 7.99. The van der Waals surface area contributed by atoms with Gasteiger partial charge in [-0.1, -0.05) is 30.0 Å². The van der Waals surface area contributed by atoms with Gasteiger partial charge in [0.05, 0.1) is 6.10 Å². The first-order chi connectivity index (χ1) is 13.2. The Morgan fingerprint density at radius 1 is 1.07 bits per heavy atom. The van der Waals surface area contributed by atoms with Crippen molar-refractivity contribution in [1.29, 1.82) is 0 Å². The second-order valence-corrected chi connectivity index (χ2v) is 7.89. The van der Waals surface area contributed by atoms with Crippen molar-refractivity contribution in [3.05, 3.63) is 54.2 Å². The van der Waals surface area contributed by atoms with E-state index in [1.165, 1.54) is 4.90 Å². The number of piperidine rings is 1. The lowest BCUT2D eigenvalue weighted by Gasteiger charge is -2.31. The molecule has 7 heteroatoms. The van der Waals surface area contributed by atoms with Crippen molar-refractivity contribution in [2.75, 3.05) is 23.3 Å². The number of hydrogen-bond donors (Lipinski definition) is 3. The van der Waals surface area contributed by atoms with E-state index >= 15 is 0 Å². The van der Waals surface area contributed by atoms with Crippen LogP contribution in [-0.4, -0.2) is 39.5 Å². The lowest BCUT2D eigenvalue weighted by molar-refractivity contribution is 0.145. The molecular formula is C20H23N5OS. The molecule has 6 nitrogen and oxygen atoms in total. The molecule has 0 amide bonds. The number of nitrogens with zero attached hydrogens (tertiary/aromatic N) is 3. The fourth-order valence-corrected chi connectivity index (χ4v) is 4.01. The molecule has 1 aromatic carbocycles. The number of rotatable bonds is 5. The second kappa shape index (κ2) is 8.02. The van der Waals surface area contributed by atoms with E-state index in [1.807, 2.05) is 37.3 Å². The van der Waals surface area contributed by atoms with E-state index < -0.39 is 0 Å². The Labute approximate surface area is 163 Å². The molecule has 2 aromatic heterocycles. The van der Waals surface area contributed by atoms with Crippen molar-refractivity contribution in [3.63, 3.8) is 0 Å². The summed E-state index contributed by atoms with van der Waals surface area (Å²) in [5, 5.41) is 20.3. The molecule has 0 saturated carbocycles. The minimum absolute atomic E-state index is 0.201. The summed E-state index contributed by atoms with van der Waals surface area (Å²) in [6.45, 7) is 3.60. The Morgan fingerprint density at radius 2 is 1.85 bits per heavy atom. The molecule has 4 rings (SSSR count). The Balaban J connectivity index is 1.62. The Kier molecular flexibility index (Phi) is 5.31. The summed E-state index contributed by atoms with van der Waals surface area (Å²) in [6, 6.07) is 16.4. The largest absolute Gasteiger partial charge is 0.393 e. The third-order valence-corrected chi connectivity index (χ3v) is 5.49. The van der Waals surface area contributed by atoms with E-state index in [1.54, 1.807) is 11.8 Å². The number of hydrogen-bond acceptors (Lipinski definition) is 6. The van der Waals surface area contributed by atoms with Gasteiger partial charge in [-0.15, -0.1) is 0 Å². The van der Waals surface area contributed by atoms with Crippen molar-refractivity contribution in [3.8, 4) is 0 Å². The topological polar surface area (TPSA) is 77.1 Å². The van der Waals surface area contributed by atoms with Gasteiger partial charge in [0.2, 0.25) is 0 Å². The van der Waals surface area contributed by atoms with Gasteiger partial charge in [0.25, 0.3) is 0 Å². The van der Waals surface area contributed by atoms with E-state index in [0.717, 1.165) is 54.0 Å². The number of aromatic amines is 1. The maximum absolute atomic E-state index is 9.80. The predicted molar refractivity (Wildman–Crippen MR) is 109 cm³/mol. The maximum Gasteiger partial charge on any atom is 0.153 e. The van der Waals surface area contributed by atoms with Gasteiger partial charge in [-0.05, 0) is 44.0 Å². The fraction of sp³-hybridized carbons (Fsp3) is 0.300. The molecule has 3 N–H and O–H groups in total. The lowest BCUT2D eigenvalue weighted by atomic mass is 10.1. The van der Waals surface area contributed by atoms with Gasteiger partial charge >= 0.3 is 0 Å². The molecule has 1 aliphatic heterocycles. The number of aliphatic hydroxyl groups is 1. The first kappa shape index (κ1) is 17.9. The highest BCUT2D eigenvalue weighted by Gasteiger charge is 2.19. The zero-order chi connectivity index (χ0) is 18.6. The lowest BCUT2D eigenvalue weighted by Crippen LogP contribution is -2.36. The monoisotopic (exact) mass is 381 g/mol.